The molecule has 0 radical (unpaired) electrons. The molecule has 0 saturated carbocycles. The highest BCUT2D eigenvalue weighted by molar-refractivity contribution is 5.92. The Labute approximate surface area is 164 Å². The third kappa shape index (κ3) is 3.37. The molecule has 0 aliphatic carbocycles. The van der Waals surface area contributed by atoms with Crippen LogP contribution in [0.25, 0.3) is 33.3 Å². The molecule has 0 amide bonds. The van der Waals surface area contributed by atoms with Crippen molar-refractivity contribution in [2.24, 2.45) is 0 Å². The van der Waals surface area contributed by atoms with Crippen molar-refractivity contribution in [3.63, 3.8) is 0 Å². The Balaban J connectivity index is 1.93. The predicted octanol–water partition coefficient (Wildman–Crippen LogP) is 5.59. The van der Waals surface area contributed by atoms with E-state index < -0.39 is 0 Å². The van der Waals surface area contributed by atoms with Crippen LogP contribution in [0.15, 0.2) is 72.8 Å². The summed E-state index contributed by atoms with van der Waals surface area (Å²) in [7, 11) is 5.01. The van der Waals surface area contributed by atoms with Crippen molar-refractivity contribution in [3.05, 3.63) is 72.8 Å². The van der Waals surface area contributed by atoms with Gasteiger partial charge in [0.2, 0.25) is 0 Å². The second kappa shape index (κ2) is 7.61. The van der Waals surface area contributed by atoms with E-state index in [9.17, 15) is 0 Å². The molecule has 1 heterocycles. The fourth-order valence-electron chi connectivity index (χ4n) is 3.24. The van der Waals surface area contributed by atoms with Crippen molar-refractivity contribution in [1.29, 1.82) is 0 Å². The van der Waals surface area contributed by atoms with E-state index in [4.69, 9.17) is 19.2 Å². The molecule has 0 spiro atoms. The van der Waals surface area contributed by atoms with Crippen molar-refractivity contribution in [2.75, 3.05) is 21.3 Å². The van der Waals surface area contributed by atoms with Crippen LogP contribution in [-0.4, -0.2) is 26.3 Å². The summed E-state index contributed by atoms with van der Waals surface area (Å²) in [6.45, 7) is 0. The van der Waals surface area contributed by atoms with Gasteiger partial charge >= 0.3 is 0 Å². The molecule has 0 aliphatic heterocycles. The van der Waals surface area contributed by atoms with Gasteiger partial charge < -0.3 is 14.2 Å². The van der Waals surface area contributed by atoms with Crippen molar-refractivity contribution in [3.8, 4) is 39.6 Å². The predicted molar refractivity (Wildman–Crippen MR) is 112 cm³/mol. The van der Waals surface area contributed by atoms with Crippen molar-refractivity contribution in [2.45, 2.75) is 0 Å². The minimum absolute atomic E-state index is 0.812. The van der Waals surface area contributed by atoms with Crippen molar-refractivity contribution in [1.82, 2.24) is 4.98 Å². The molecular weight excluding hydrogens is 350 g/mol. The number of aromatic nitrogens is 1. The lowest BCUT2D eigenvalue weighted by molar-refractivity contribution is 0.414. The van der Waals surface area contributed by atoms with Crippen LogP contribution in [-0.2, 0) is 0 Å². The number of hydrogen-bond acceptors (Lipinski definition) is 4. The Kier molecular flexibility index (Phi) is 4.85. The van der Waals surface area contributed by atoms with Crippen LogP contribution >= 0.6 is 0 Å². The topological polar surface area (TPSA) is 40.6 Å². The average Bonchev–Trinajstić information content (AvgIpc) is 2.78. The maximum Gasteiger partial charge on any atom is 0.119 e. The molecule has 3 aromatic carbocycles. The minimum Gasteiger partial charge on any atom is -0.497 e. The van der Waals surface area contributed by atoms with E-state index in [0.717, 1.165) is 50.5 Å². The van der Waals surface area contributed by atoms with Gasteiger partial charge in [-0.3, -0.25) is 0 Å². The summed E-state index contributed by atoms with van der Waals surface area (Å²) in [5.74, 6) is 2.46. The molecule has 4 heteroatoms. The van der Waals surface area contributed by atoms with Crippen LogP contribution in [0.1, 0.15) is 0 Å². The van der Waals surface area contributed by atoms with Crippen molar-refractivity contribution >= 4 is 10.9 Å². The largest absolute Gasteiger partial charge is 0.497 e. The quantitative estimate of drug-likeness (QED) is 0.458. The van der Waals surface area contributed by atoms with E-state index >= 15 is 0 Å². The van der Waals surface area contributed by atoms with E-state index in [1.807, 2.05) is 54.6 Å². The first-order valence-electron chi connectivity index (χ1n) is 8.99. The van der Waals surface area contributed by atoms with Gasteiger partial charge in [-0.2, -0.15) is 0 Å². The van der Waals surface area contributed by atoms with Crippen LogP contribution < -0.4 is 14.2 Å². The lowest BCUT2D eigenvalue weighted by Crippen LogP contribution is -1.93. The Morgan fingerprint density at radius 3 is 1.68 bits per heavy atom. The molecule has 0 saturated heterocycles. The second-order valence-electron chi connectivity index (χ2n) is 6.40. The molecule has 0 aliphatic rings. The molecule has 140 valence electrons. The first kappa shape index (κ1) is 17.9. The Morgan fingerprint density at radius 1 is 0.571 bits per heavy atom. The maximum atomic E-state index is 5.38. The molecule has 0 N–H and O–H groups in total. The highest BCUT2D eigenvalue weighted by Crippen LogP contribution is 2.35. The van der Waals surface area contributed by atoms with Gasteiger partial charge in [-0.05, 0) is 66.2 Å². The van der Waals surface area contributed by atoms with Crippen LogP contribution in [0.5, 0.6) is 17.2 Å². The minimum atomic E-state index is 0.812. The maximum absolute atomic E-state index is 5.38. The summed E-state index contributed by atoms with van der Waals surface area (Å²) in [5, 5.41) is 1.03. The third-order valence-electron chi connectivity index (χ3n) is 4.79. The Bertz CT molecular complexity index is 1100. The van der Waals surface area contributed by atoms with Gasteiger partial charge in [0.1, 0.15) is 17.2 Å². The van der Waals surface area contributed by atoms with Crippen LogP contribution in [0.3, 0.4) is 0 Å². The van der Waals surface area contributed by atoms with Crippen molar-refractivity contribution < 1.29 is 14.2 Å². The van der Waals surface area contributed by atoms with Gasteiger partial charge in [0.15, 0.2) is 0 Å². The SMILES string of the molecule is COc1ccc(-c2cc3cc(OC)ccc3nc2-c2ccc(OC)cc2)cc1. The zero-order valence-electron chi connectivity index (χ0n) is 16.1. The standard InChI is InChI=1S/C24H21NO3/c1-26-19-8-4-16(5-9-19)22-15-18-14-21(28-3)12-13-23(18)25-24(22)17-6-10-20(27-2)11-7-17/h4-15H,1-3H3. The molecule has 1 aromatic heterocycles. The molecule has 0 unspecified atom stereocenters. The summed E-state index contributed by atoms with van der Waals surface area (Å²) in [4.78, 5) is 4.97. The smallest absolute Gasteiger partial charge is 0.119 e. The first-order chi connectivity index (χ1) is 13.7. The van der Waals surface area contributed by atoms with Crippen LogP contribution in [0.2, 0.25) is 0 Å². The highest BCUT2D eigenvalue weighted by atomic mass is 16.5. The molecule has 4 nitrogen and oxygen atoms in total. The number of methoxy groups -OCH3 is 3. The van der Waals surface area contributed by atoms with E-state index in [2.05, 4.69) is 18.2 Å². The monoisotopic (exact) mass is 371 g/mol. The number of fused-ring (bicyclic) bond motifs is 1. The first-order valence-corrected chi connectivity index (χ1v) is 8.99. The Hall–Kier alpha value is -3.53. The van der Waals surface area contributed by atoms with E-state index in [-0.39, 0.29) is 0 Å². The molecule has 28 heavy (non-hydrogen) atoms. The molecule has 0 bridgehead atoms. The molecule has 0 fully saturated rings. The number of hydrogen-bond donors (Lipinski definition) is 0. The van der Waals surface area contributed by atoms with E-state index in [0.29, 0.717) is 0 Å². The second-order valence-corrected chi connectivity index (χ2v) is 6.40. The Morgan fingerprint density at radius 2 is 1.11 bits per heavy atom. The summed E-state index contributed by atoms with van der Waals surface area (Å²) in [6.07, 6.45) is 0. The van der Waals surface area contributed by atoms with Gasteiger partial charge in [0.25, 0.3) is 0 Å². The summed E-state index contributed by atoms with van der Waals surface area (Å²) < 4.78 is 16.0. The van der Waals surface area contributed by atoms with E-state index in [1.165, 1.54) is 0 Å². The third-order valence-corrected chi connectivity index (χ3v) is 4.79. The van der Waals surface area contributed by atoms with Gasteiger partial charge in [-0.15, -0.1) is 0 Å². The summed E-state index contributed by atoms with van der Waals surface area (Å²) >= 11 is 0. The average molecular weight is 371 g/mol. The fraction of sp³-hybridized carbons (Fsp3) is 0.125. The molecule has 4 rings (SSSR count). The number of benzene rings is 3. The van der Waals surface area contributed by atoms with Crippen LogP contribution in [0.4, 0.5) is 0 Å². The highest BCUT2D eigenvalue weighted by Gasteiger charge is 2.12. The van der Waals surface area contributed by atoms with Gasteiger partial charge in [0.05, 0.1) is 32.5 Å². The van der Waals surface area contributed by atoms with Gasteiger partial charge in [-0.25, -0.2) is 4.98 Å². The van der Waals surface area contributed by atoms with Gasteiger partial charge in [0, 0.05) is 16.5 Å². The fourth-order valence-corrected chi connectivity index (χ4v) is 3.24. The lowest BCUT2D eigenvalue weighted by Gasteiger charge is -2.13. The van der Waals surface area contributed by atoms with E-state index in [1.54, 1.807) is 21.3 Å². The summed E-state index contributed by atoms with van der Waals surface area (Å²) in [5.41, 5.74) is 5.00. The molecule has 4 aromatic rings. The molecular formula is C24H21NO3. The number of nitrogens with zero attached hydrogens (tertiary/aromatic N) is 1. The van der Waals surface area contributed by atoms with Crippen LogP contribution in [0, 0.1) is 0 Å². The lowest BCUT2D eigenvalue weighted by atomic mass is 9.97. The zero-order chi connectivity index (χ0) is 19.5. The zero-order valence-corrected chi connectivity index (χ0v) is 16.1. The number of pyridine rings is 1. The number of rotatable bonds is 5. The molecule has 0 atom stereocenters. The normalized spacial score (nSPS) is 10.7. The number of ether oxygens (including phenoxy) is 3. The summed E-state index contributed by atoms with van der Waals surface area (Å²) in [6, 6.07) is 24.1. The van der Waals surface area contributed by atoms with Gasteiger partial charge in [-0.1, -0.05) is 12.1 Å².